The summed E-state index contributed by atoms with van der Waals surface area (Å²) in [5.41, 5.74) is 5.34. The van der Waals surface area contributed by atoms with Crippen LogP contribution in [0.5, 0.6) is 0 Å². The Hall–Kier alpha value is -5.64. The molecule has 0 unspecified atom stereocenters. The van der Waals surface area contributed by atoms with E-state index in [-0.39, 0.29) is 24.7 Å². The van der Waals surface area contributed by atoms with Gasteiger partial charge in [-0.2, -0.15) is 12.6 Å². The number of nitrogens with one attached hydrogen (secondary N) is 8. The van der Waals surface area contributed by atoms with Crippen molar-refractivity contribution in [1.29, 1.82) is 0 Å². The zero-order valence-corrected chi connectivity index (χ0v) is 36.5. The fourth-order valence-corrected chi connectivity index (χ4v) is 5.63. The molecule has 0 aliphatic heterocycles. The van der Waals surface area contributed by atoms with Gasteiger partial charge in [-0.1, -0.05) is 27.7 Å². The summed E-state index contributed by atoms with van der Waals surface area (Å²) in [4.78, 5) is 139. The maximum Gasteiger partial charge on any atom is 0.326 e. The molecule has 0 aliphatic rings. The fraction of sp³-hybridized carbons (Fsp3) is 0.694. The van der Waals surface area contributed by atoms with Gasteiger partial charge in [-0.05, 0) is 38.5 Å². The molecular weight excluding hydrogens is 863 g/mol. The van der Waals surface area contributed by atoms with Crippen LogP contribution in [-0.4, -0.2) is 175 Å². The van der Waals surface area contributed by atoms with E-state index in [1.54, 1.807) is 27.7 Å². The second-order valence-corrected chi connectivity index (χ2v) is 15.7. The van der Waals surface area contributed by atoms with Crippen molar-refractivity contribution in [3.05, 3.63) is 0 Å². The number of carbonyl (C=O) groups is 11. The van der Waals surface area contributed by atoms with Gasteiger partial charge < -0.3 is 78.9 Å². The Kier molecular flexibility index (Phi) is 25.6. The SMILES string of the molecule is CC(C)C[C@H](NC(=O)[C@H](CC(C)C)NC(=O)[C@@H](NC(=O)[C@H](CC(=O)O)NC(=O)[C@H](CC(=O)O)NC(=O)[C@@H](NC(=O)[C@H](CS)NC(=O)CNC(=O)[C@@H](N)CO)[C@@H](C)O)[C@@H](C)O)C(=O)O. The van der Waals surface area contributed by atoms with Gasteiger partial charge in [0, 0.05) is 5.75 Å². The lowest BCUT2D eigenvalue weighted by Crippen LogP contribution is -2.62. The summed E-state index contributed by atoms with van der Waals surface area (Å²) < 4.78 is 0. The number of carboxylic acids is 3. The van der Waals surface area contributed by atoms with Crippen molar-refractivity contribution in [2.24, 2.45) is 17.6 Å². The van der Waals surface area contributed by atoms with E-state index >= 15 is 0 Å². The first-order valence-electron chi connectivity index (χ1n) is 19.5. The number of aliphatic carboxylic acids is 3. The first kappa shape index (κ1) is 57.4. The van der Waals surface area contributed by atoms with Gasteiger partial charge in [0.1, 0.15) is 48.3 Å². The maximum absolute atomic E-state index is 13.4. The van der Waals surface area contributed by atoms with E-state index in [0.717, 1.165) is 13.8 Å². The third-order valence-electron chi connectivity index (χ3n) is 8.60. The standard InChI is InChI=1S/C36H61N9O17S/c1-14(2)7-19(30(55)43-22(36(61)62)8-15(3)4)41-34(59)27(16(5)47)44-32(57)21(10-26(52)53)40-31(56)20(9-25(50)51)42-35(60)28(17(6)48)45-33(58)23(13-63)39-24(49)11-38-29(54)18(37)12-46/h14-23,27-28,46-48,63H,7-13,37H2,1-6H3,(H,38,54)(H,39,49)(H,40,56)(H,41,59)(H,42,60)(H,43,55)(H,44,57)(H,45,58)(H,50,51)(H,52,53)(H,61,62)/t16-,17-,18+,19+,20+,21+,22+,23+,27+,28+/m1/s1. The van der Waals surface area contributed by atoms with E-state index in [0.29, 0.717) is 0 Å². The highest BCUT2D eigenvalue weighted by Gasteiger charge is 2.37. The minimum Gasteiger partial charge on any atom is -0.481 e. The molecule has 0 bridgehead atoms. The third kappa shape index (κ3) is 21.8. The molecule has 0 aromatic rings. The Labute approximate surface area is 367 Å². The van der Waals surface area contributed by atoms with Crippen molar-refractivity contribution in [2.75, 3.05) is 18.9 Å². The number of hydrogen-bond donors (Lipinski definition) is 16. The predicted molar refractivity (Wildman–Crippen MR) is 220 cm³/mol. The molecule has 10 atom stereocenters. The van der Waals surface area contributed by atoms with Crippen LogP contribution in [-0.2, 0) is 52.7 Å². The Morgan fingerprint density at radius 3 is 1.25 bits per heavy atom. The lowest BCUT2D eigenvalue weighted by atomic mass is 10.00. The van der Waals surface area contributed by atoms with Crippen molar-refractivity contribution in [3.63, 3.8) is 0 Å². The number of hydrogen-bond acceptors (Lipinski definition) is 16. The predicted octanol–water partition coefficient (Wildman–Crippen LogP) is -6.37. The van der Waals surface area contributed by atoms with Crippen LogP contribution in [0.1, 0.15) is 67.2 Å². The summed E-state index contributed by atoms with van der Waals surface area (Å²) in [6, 6.07) is -13.6. The summed E-state index contributed by atoms with van der Waals surface area (Å²) in [6.45, 7) is 7.48. The number of nitrogens with two attached hydrogens (primary N) is 1. The Balaban J connectivity index is 6.25. The second-order valence-electron chi connectivity index (χ2n) is 15.3. The van der Waals surface area contributed by atoms with Crippen LogP contribution >= 0.6 is 12.6 Å². The third-order valence-corrected chi connectivity index (χ3v) is 8.97. The molecule has 0 saturated carbocycles. The van der Waals surface area contributed by atoms with Crippen LogP contribution in [0.4, 0.5) is 0 Å². The molecule has 358 valence electrons. The van der Waals surface area contributed by atoms with E-state index < -0.39 is 157 Å². The summed E-state index contributed by atoms with van der Waals surface area (Å²) in [5, 5.41) is 75.5. The number of rotatable bonds is 29. The highest BCUT2D eigenvalue weighted by Crippen LogP contribution is 2.10. The van der Waals surface area contributed by atoms with Crippen molar-refractivity contribution in [1.82, 2.24) is 42.5 Å². The highest BCUT2D eigenvalue weighted by atomic mass is 32.1. The highest BCUT2D eigenvalue weighted by molar-refractivity contribution is 7.80. The monoisotopic (exact) mass is 923 g/mol. The van der Waals surface area contributed by atoms with Crippen LogP contribution in [0.2, 0.25) is 0 Å². The molecule has 27 heteroatoms. The van der Waals surface area contributed by atoms with Crippen LogP contribution in [0.3, 0.4) is 0 Å². The van der Waals surface area contributed by atoms with Crippen molar-refractivity contribution < 1.29 is 83.4 Å². The summed E-state index contributed by atoms with van der Waals surface area (Å²) in [5.74, 6) is -14.8. The molecule has 0 radical (unpaired) electrons. The van der Waals surface area contributed by atoms with E-state index in [1.165, 1.54) is 0 Å². The van der Waals surface area contributed by atoms with Gasteiger partial charge in [-0.25, -0.2) is 4.79 Å². The smallest absolute Gasteiger partial charge is 0.326 e. The molecule has 63 heavy (non-hydrogen) atoms. The average Bonchev–Trinajstić information content (AvgIpc) is 3.17. The molecule has 0 spiro atoms. The number of carbonyl (C=O) groups excluding carboxylic acids is 8. The zero-order chi connectivity index (χ0) is 48.9. The zero-order valence-electron chi connectivity index (χ0n) is 35.6. The average molecular weight is 924 g/mol. The molecule has 0 heterocycles. The number of amides is 8. The van der Waals surface area contributed by atoms with Gasteiger partial charge in [0.25, 0.3) is 0 Å². The quantitative estimate of drug-likeness (QED) is 0.0310. The largest absolute Gasteiger partial charge is 0.481 e. The molecule has 0 saturated heterocycles. The van der Waals surface area contributed by atoms with Crippen LogP contribution in [0.25, 0.3) is 0 Å². The van der Waals surface area contributed by atoms with Crippen molar-refractivity contribution in [2.45, 2.75) is 128 Å². The molecule has 16 N–H and O–H groups in total. The van der Waals surface area contributed by atoms with Crippen molar-refractivity contribution in [3.8, 4) is 0 Å². The lowest BCUT2D eigenvalue weighted by molar-refractivity contribution is -0.144. The van der Waals surface area contributed by atoms with E-state index in [9.17, 15) is 78.3 Å². The Morgan fingerprint density at radius 1 is 0.508 bits per heavy atom. The minimum atomic E-state index is -2.12. The molecule has 0 rings (SSSR count). The van der Waals surface area contributed by atoms with Gasteiger partial charge >= 0.3 is 17.9 Å². The maximum atomic E-state index is 13.4. The molecule has 26 nitrogen and oxygen atoms in total. The fourth-order valence-electron chi connectivity index (χ4n) is 5.37. The van der Waals surface area contributed by atoms with E-state index in [4.69, 9.17) is 10.8 Å². The van der Waals surface area contributed by atoms with Crippen LogP contribution in [0.15, 0.2) is 0 Å². The van der Waals surface area contributed by atoms with Gasteiger partial charge in [0.05, 0.1) is 38.2 Å². The number of carboxylic acid groups (broad SMARTS) is 3. The second kappa shape index (κ2) is 28.1. The normalized spacial score (nSPS) is 15.9. The van der Waals surface area contributed by atoms with E-state index in [1.807, 2.05) is 10.6 Å². The molecule has 0 fully saturated rings. The number of aliphatic hydroxyl groups is 3. The summed E-state index contributed by atoms with van der Waals surface area (Å²) in [6.07, 6.45) is -5.88. The Morgan fingerprint density at radius 2 is 0.873 bits per heavy atom. The van der Waals surface area contributed by atoms with Gasteiger partial charge in [-0.15, -0.1) is 0 Å². The summed E-state index contributed by atoms with van der Waals surface area (Å²) in [7, 11) is 0. The molecule has 0 aliphatic carbocycles. The topological polar surface area (TPSA) is 431 Å². The van der Waals surface area contributed by atoms with Crippen LogP contribution < -0.4 is 48.3 Å². The van der Waals surface area contributed by atoms with Crippen LogP contribution in [0, 0.1) is 11.8 Å². The first-order chi connectivity index (χ1) is 29.1. The Bertz CT molecular complexity index is 1650. The molecule has 8 amide bonds. The molecule has 0 aromatic heterocycles. The van der Waals surface area contributed by atoms with Gasteiger partial charge in [0.15, 0.2) is 0 Å². The van der Waals surface area contributed by atoms with Crippen molar-refractivity contribution >= 4 is 77.8 Å². The van der Waals surface area contributed by atoms with E-state index in [2.05, 4.69) is 44.5 Å². The minimum absolute atomic E-state index is 0.0318. The summed E-state index contributed by atoms with van der Waals surface area (Å²) >= 11 is 3.96. The first-order valence-corrected chi connectivity index (χ1v) is 20.2. The van der Waals surface area contributed by atoms with Gasteiger partial charge in [-0.3, -0.25) is 47.9 Å². The van der Waals surface area contributed by atoms with Gasteiger partial charge in [0.2, 0.25) is 47.3 Å². The number of aliphatic hydroxyl groups excluding tert-OH is 3. The lowest BCUT2D eigenvalue weighted by Gasteiger charge is -2.28. The molecule has 0 aromatic carbocycles. The number of thiol groups is 1. The molecular formula is C36H61N9O17S.